The number of amides is 1. The number of furan rings is 1. The average molecular weight is 421 g/mol. The van der Waals surface area contributed by atoms with Crippen LogP contribution in [0.3, 0.4) is 0 Å². The van der Waals surface area contributed by atoms with Crippen molar-refractivity contribution in [2.75, 3.05) is 12.4 Å². The van der Waals surface area contributed by atoms with Crippen LogP contribution in [0.1, 0.15) is 21.9 Å². The van der Waals surface area contributed by atoms with Crippen LogP contribution in [-0.4, -0.2) is 22.8 Å². The molecule has 4 aromatic rings. The lowest BCUT2D eigenvalue weighted by molar-refractivity contribution is 0.0992. The molecule has 7 nitrogen and oxygen atoms in total. The van der Waals surface area contributed by atoms with Crippen molar-refractivity contribution in [2.24, 2.45) is 0 Å². The fraction of sp³-hybridized carbons (Fsp3) is 0.130. The third-order valence-electron chi connectivity index (χ3n) is 4.45. The average Bonchev–Trinajstić information content (AvgIpc) is 3.44. The van der Waals surface area contributed by atoms with Gasteiger partial charge >= 0.3 is 0 Å². The summed E-state index contributed by atoms with van der Waals surface area (Å²) < 4.78 is 31.1. The zero-order chi connectivity index (χ0) is 21.6. The van der Waals surface area contributed by atoms with Crippen molar-refractivity contribution < 1.29 is 23.1 Å². The molecule has 0 atom stereocenters. The van der Waals surface area contributed by atoms with Gasteiger partial charge in [0.2, 0.25) is 0 Å². The molecule has 4 rings (SSSR count). The van der Waals surface area contributed by atoms with Gasteiger partial charge in [0.15, 0.2) is 11.6 Å². The summed E-state index contributed by atoms with van der Waals surface area (Å²) in [6, 6.07) is 18.3. The van der Waals surface area contributed by atoms with Gasteiger partial charge in [0, 0.05) is 18.3 Å². The number of hydrogen-bond acceptors (Lipinski definition) is 5. The molecule has 1 amide bonds. The van der Waals surface area contributed by atoms with Gasteiger partial charge in [0.05, 0.1) is 13.7 Å². The highest BCUT2D eigenvalue weighted by atomic mass is 19.1. The Hall–Kier alpha value is -4.07. The Morgan fingerprint density at radius 2 is 1.90 bits per heavy atom. The van der Waals surface area contributed by atoms with E-state index in [0.717, 1.165) is 5.56 Å². The maximum absolute atomic E-state index is 13.0. The van der Waals surface area contributed by atoms with Crippen LogP contribution >= 0.6 is 0 Å². The minimum absolute atomic E-state index is 0.150. The van der Waals surface area contributed by atoms with E-state index in [9.17, 15) is 9.18 Å². The van der Waals surface area contributed by atoms with E-state index in [1.807, 2.05) is 12.1 Å². The van der Waals surface area contributed by atoms with Crippen molar-refractivity contribution in [3.8, 4) is 11.5 Å². The molecule has 0 saturated heterocycles. The third-order valence-corrected chi connectivity index (χ3v) is 4.45. The number of aromatic nitrogens is 2. The van der Waals surface area contributed by atoms with Gasteiger partial charge in [-0.15, -0.1) is 0 Å². The largest absolute Gasteiger partial charge is 0.497 e. The molecule has 158 valence electrons. The van der Waals surface area contributed by atoms with Crippen molar-refractivity contribution in [1.82, 2.24) is 9.78 Å². The zero-order valence-corrected chi connectivity index (χ0v) is 16.7. The molecule has 0 bridgehead atoms. The monoisotopic (exact) mass is 421 g/mol. The first-order valence-electron chi connectivity index (χ1n) is 9.54. The Kier molecular flexibility index (Phi) is 5.98. The minimum atomic E-state index is -0.417. The van der Waals surface area contributed by atoms with E-state index >= 15 is 0 Å². The molecule has 8 heteroatoms. The number of carbonyl (C=O) groups is 1. The first kappa shape index (κ1) is 20.2. The smallest absolute Gasteiger partial charge is 0.292 e. The van der Waals surface area contributed by atoms with E-state index in [4.69, 9.17) is 13.9 Å². The lowest BCUT2D eigenvalue weighted by atomic mass is 10.2. The summed E-state index contributed by atoms with van der Waals surface area (Å²) in [5.74, 6) is 1.66. The SMILES string of the molecule is COc1cccc(OCc2ccc(C(=O)Nc3ccn(Cc4ccc(F)cc4)n3)o2)c1. The van der Waals surface area contributed by atoms with Crippen LogP contribution < -0.4 is 14.8 Å². The summed E-state index contributed by atoms with van der Waals surface area (Å²) in [6.45, 7) is 0.634. The molecule has 1 N–H and O–H groups in total. The van der Waals surface area contributed by atoms with E-state index in [2.05, 4.69) is 10.4 Å². The van der Waals surface area contributed by atoms with E-state index < -0.39 is 5.91 Å². The van der Waals surface area contributed by atoms with Gasteiger partial charge in [-0.2, -0.15) is 5.10 Å². The molecule has 31 heavy (non-hydrogen) atoms. The van der Waals surface area contributed by atoms with Gasteiger partial charge in [-0.3, -0.25) is 9.48 Å². The molecular weight excluding hydrogens is 401 g/mol. The van der Waals surface area contributed by atoms with Gasteiger partial charge in [-0.25, -0.2) is 4.39 Å². The molecular formula is C23H20FN3O4. The number of nitrogens with zero attached hydrogens (tertiary/aromatic N) is 2. The summed E-state index contributed by atoms with van der Waals surface area (Å²) >= 11 is 0. The fourth-order valence-corrected chi connectivity index (χ4v) is 2.89. The quantitative estimate of drug-likeness (QED) is 0.453. The van der Waals surface area contributed by atoms with Crippen molar-refractivity contribution >= 4 is 11.7 Å². The molecule has 2 aromatic heterocycles. The van der Waals surface area contributed by atoms with Crippen LogP contribution in [0, 0.1) is 5.82 Å². The Morgan fingerprint density at radius 3 is 2.71 bits per heavy atom. The topological polar surface area (TPSA) is 78.5 Å². The second-order valence-electron chi connectivity index (χ2n) is 6.71. The van der Waals surface area contributed by atoms with Gasteiger partial charge < -0.3 is 19.2 Å². The second kappa shape index (κ2) is 9.17. The molecule has 0 aliphatic heterocycles. The van der Waals surface area contributed by atoms with Crippen molar-refractivity contribution in [2.45, 2.75) is 13.2 Å². The molecule has 0 aliphatic carbocycles. The third kappa shape index (κ3) is 5.30. The summed E-state index contributed by atoms with van der Waals surface area (Å²) in [4.78, 5) is 12.4. The number of nitrogens with one attached hydrogen (secondary N) is 1. The molecule has 0 spiro atoms. The summed E-state index contributed by atoms with van der Waals surface area (Å²) in [5.41, 5.74) is 0.897. The van der Waals surface area contributed by atoms with Gasteiger partial charge in [-0.05, 0) is 42.0 Å². The van der Waals surface area contributed by atoms with E-state index in [-0.39, 0.29) is 18.2 Å². The number of anilines is 1. The lowest BCUT2D eigenvalue weighted by Crippen LogP contribution is -2.12. The Labute approximate surface area is 178 Å². The van der Waals surface area contributed by atoms with Gasteiger partial charge in [-0.1, -0.05) is 18.2 Å². The number of carbonyl (C=O) groups excluding carboxylic acids is 1. The number of halogens is 1. The number of rotatable bonds is 8. The number of ether oxygens (including phenoxy) is 2. The molecule has 0 aliphatic rings. The summed E-state index contributed by atoms with van der Waals surface area (Å²) in [6.07, 6.45) is 1.73. The number of benzene rings is 2. The molecule has 2 heterocycles. The maximum Gasteiger partial charge on any atom is 0.292 e. The number of methoxy groups -OCH3 is 1. The fourth-order valence-electron chi connectivity index (χ4n) is 2.89. The normalized spacial score (nSPS) is 10.6. The molecule has 0 fully saturated rings. The van der Waals surface area contributed by atoms with Crippen molar-refractivity contribution in [3.63, 3.8) is 0 Å². The van der Waals surface area contributed by atoms with Crippen LogP contribution in [0.5, 0.6) is 11.5 Å². The predicted molar refractivity (Wildman–Crippen MR) is 112 cm³/mol. The van der Waals surface area contributed by atoms with Gasteiger partial charge in [0.25, 0.3) is 5.91 Å². The van der Waals surface area contributed by atoms with Crippen LogP contribution in [0.2, 0.25) is 0 Å². The van der Waals surface area contributed by atoms with Gasteiger partial charge in [0.1, 0.15) is 29.7 Å². The molecule has 0 unspecified atom stereocenters. The first-order chi connectivity index (χ1) is 15.1. The van der Waals surface area contributed by atoms with E-state index in [1.165, 1.54) is 12.1 Å². The van der Waals surface area contributed by atoms with Crippen LogP contribution in [0.15, 0.2) is 77.3 Å². The van der Waals surface area contributed by atoms with Crippen molar-refractivity contribution in [1.29, 1.82) is 0 Å². The van der Waals surface area contributed by atoms with Crippen LogP contribution in [0.25, 0.3) is 0 Å². The highest BCUT2D eigenvalue weighted by Gasteiger charge is 2.13. The Balaban J connectivity index is 1.32. The maximum atomic E-state index is 13.0. The Morgan fingerprint density at radius 1 is 1.10 bits per heavy atom. The van der Waals surface area contributed by atoms with Crippen LogP contribution in [-0.2, 0) is 13.2 Å². The van der Waals surface area contributed by atoms with E-state index in [1.54, 1.807) is 60.5 Å². The standard InChI is InChI=1S/C23H20FN3O4/c1-29-18-3-2-4-19(13-18)30-15-20-9-10-21(31-20)23(28)25-22-11-12-27(26-22)14-16-5-7-17(24)8-6-16/h2-13H,14-15H2,1H3,(H,25,26,28). The first-order valence-corrected chi connectivity index (χ1v) is 9.54. The minimum Gasteiger partial charge on any atom is -0.497 e. The second-order valence-corrected chi connectivity index (χ2v) is 6.71. The summed E-state index contributed by atoms with van der Waals surface area (Å²) in [7, 11) is 1.59. The van der Waals surface area contributed by atoms with Crippen molar-refractivity contribution in [3.05, 3.63) is 95.8 Å². The highest BCUT2D eigenvalue weighted by molar-refractivity contribution is 6.01. The molecule has 0 radical (unpaired) electrons. The Bertz CT molecular complexity index is 1170. The molecule has 0 saturated carbocycles. The van der Waals surface area contributed by atoms with Crippen LogP contribution in [0.4, 0.5) is 10.2 Å². The lowest BCUT2D eigenvalue weighted by Gasteiger charge is -2.06. The highest BCUT2D eigenvalue weighted by Crippen LogP contribution is 2.20. The zero-order valence-electron chi connectivity index (χ0n) is 16.7. The van der Waals surface area contributed by atoms with E-state index in [0.29, 0.717) is 29.6 Å². The summed E-state index contributed by atoms with van der Waals surface area (Å²) in [5, 5.41) is 7.00. The predicted octanol–water partition coefficient (Wildman–Crippen LogP) is 4.50. The number of hydrogen-bond donors (Lipinski definition) is 1. The molecule has 2 aromatic carbocycles.